The molecule has 180 valence electrons. The summed E-state index contributed by atoms with van der Waals surface area (Å²) in [5.74, 6) is -0.158. The van der Waals surface area contributed by atoms with E-state index >= 15 is 0 Å². The summed E-state index contributed by atoms with van der Waals surface area (Å²) in [5, 5.41) is 11.8. The van der Waals surface area contributed by atoms with Crippen LogP contribution < -0.4 is 4.90 Å². The number of carbonyl (C=O) groups excluding carboxylic acids is 2. The zero-order valence-electron chi connectivity index (χ0n) is 19.6. The number of benzene rings is 2. The van der Waals surface area contributed by atoms with Gasteiger partial charge in [0.1, 0.15) is 5.69 Å². The van der Waals surface area contributed by atoms with Crippen LogP contribution in [0.15, 0.2) is 48.5 Å². The van der Waals surface area contributed by atoms with Crippen LogP contribution in [0.4, 0.5) is 11.4 Å². The van der Waals surface area contributed by atoms with Crippen LogP contribution in [-0.2, 0) is 11.2 Å². The van der Waals surface area contributed by atoms with E-state index in [1.165, 1.54) is 18.6 Å². The van der Waals surface area contributed by atoms with Crippen molar-refractivity contribution in [3.8, 4) is 0 Å². The van der Waals surface area contributed by atoms with Gasteiger partial charge in [-0.3, -0.25) is 24.6 Å². The molecule has 2 fully saturated rings. The molecular formula is C25H31N5O4. The van der Waals surface area contributed by atoms with Gasteiger partial charge in [0.2, 0.25) is 5.91 Å². The van der Waals surface area contributed by atoms with Gasteiger partial charge in [-0.2, -0.15) is 0 Å². The van der Waals surface area contributed by atoms with Crippen molar-refractivity contribution in [2.24, 2.45) is 0 Å². The number of piperazine rings is 2. The molecule has 2 aliphatic heterocycles. The minimum atomic E-state index is -0.426. The molecule has 34 heavy (non-hydrogen) atoms. The summed E-state index contributed by atoms with van der Waals surface area (Å²) in [4.78, 5) is 43.8. The van der Waals surface area contributed by atoms with E-state index in [1.54, 1.807) is 21.9 Å². The summed E-state index contributed by atoms with van der Waals surface area (Å²) in [6.07, 6.45) is 0.975. The molecule has 0 aromatic heterocycles. The van der Waals surface area contributed by atoms with Crippen molar-refractivity contribution >= 4 is 23.2 Å². The molecule has 4 rings (SSSR count). The van der Waals surface area contributed by atoms with Crippen molar-refractivity contribution < 1.29 is 14.5 Å². The van der Waals surface area contributed by atoms with Gasteiger partial charge < -0.3 is 14.7 Å². The van der Waals surface area contributed by atoms with Crippen LogP contribution in [0, 0.1) is 10.1 Å². The SMILES string of the molecule is CC(=O)N1CCN(c2ccc(C(=O)N3CCN(CCc4ccccc4)CC3)cc2[N+](=O)[O-])CC1. The third-order valence-electron chi connectivity index (χ3n) is 6.70. The Hall–Kier alpha value is -3.46. The molecule has 2 heterocycles. The van der Waals surface area contributed by atoms with Gasteiger partial charge in [-0.15, -0.1) is 0 Å². The standard InChI is InChI=1S/C25H31N5O4/c1-20(31)27-15-17-28(18-16-27)23-8-7-22(19-24(23)30(33)34)25(32)29-13-11-26(12-14-29)10-9-21-5-3-2-4-6-21/h2-8,19H,9-18H2,1H3. The normalized spacial score (nSPS) is 17.0. The van der Waals surface area contributed by atoms with E-state index in [4.69, 9.17) is 0 Å². The molecule has 0 N–H and O–H groups in total. The Labute approximate surface area is 199 Å². The lowest BCUT2D eigenvalue weighted by molar-refractivity contribution is -0.384. The van der Waals surface area contributed by atoms with Gasteiger partial charge in [0.15, 0.2) is 0 Å². The molecule has 0 unspecified atom stereocenters. The van der Waals surface area contributed by atoms with E-state index in [2.05, 4.69) is 17.0 Å². The Kier molecular flexibility index (Phi) is 7.42. The number of amides is 2. The van der Waals surface area contributed by atoms with Crippen LogP contribution in [0.25, 0.3) is 0 Å². The van der Waals surface area contributed by atoms with Crippen molar-refractivity contribution in [3.05, 3.63) is 69.8 Å². The summed E-state index contributed by atoms with van der Waals surface area (Å²) >= 11 is 0. The van der Waals surface area contributed by atoms with Crippen molar-refractivity contribution in [3.63, 3.8) is 0 Å². The zero-order chi connectivity index (χ0) is 24.1. The molecule has 2 amide bonds. The van der Waals surface area contributed by atoms with Gasteiger partial charge >= 0.3 is 0 Å². The van der Waals surface area contributed by atoms with E-state index in [1.807, 2.05) is 23.1 Å². The lowest BCUT2D eigenvalue weighted by Gasteiger charge is -2.36. The predicted octanol–water partition coefficient (Wildman–Crippen LogP) is 2.26. The number of nitro benzene ring substituents is 1. The first-order valence-corrected chi connectivity index (χ1v) is 11.8. The lowest BCUT2D eigenvalue weighted by Crippen LogP contribution is -2.49. The summed E-state index contributed by atoms with van der Waals surface area (Å²) in [6.45, 7) is 7.39. The molecule has 2 aromatic rings. The van der Waals surface area contributed by atoms with Gasteiger partial charge in [-0.1, -0.05) is 30.3 Å². The van der Waals surface area contributed by atoms with Gasteiger partial charge in [0, 0.05) is 77.5 Å². The first kappa shape index (κ1) is 23.7. The predicted molar refractivity (Wildman–Crippen MR) is 130 cm³/mol. The highest BCUT2D eigenvalue weighted by Crippen LogP contribution is 2.30. The van der Waals surface area contributed by atoms with Crippen molar-refractivity contribution in [2.45, 2.75) is 13.3 Å². The highest BCUT2D eigenvalue weighted by molar-refractivity contribution is 5.96. The van der Waals surface area contributed by atoms with Crippen molar-refractivity contribution in [2.75, 3.05) is 63.8 Å². The maximum Gasteiger partial charge on any atom is 0.293 e. The molecule has 0 spiro atoms. The van der Waals surface area contributed by atoms with Crippen LogP contribution in [0.5, 0.6) is 0 Å². The highest BCUT2D eigenvalue weighted by atomic mass is 16.6. The fourth-order valence-electron chi connectivity index (χ4n) is 4.62. The van der Waals surface area contributed by atoms with Crippen molar-refractivity contribution in [1.82, 2.24) is 14.7 Å². The van der Waals surface area contributed by atoms with Crippen LogP contribution in [-0.4, -0.2) is 90.3 Å². The summed E-state index contributed by atoms with van der Waals surface area (Å²) in [5.41, 5.74) is 2.07. The molecule has 0 atom stereocenters. The van der Waals surface area contributed by atoms with E-state index < -0.39 is 4.92 Å². The minimum absolute atomic E-state index is 0.00950. The number of nitrogens with zero attached hydrogens (tertiary/aromatic N) is 5. The molecule has 2 aromatic carbocycles. The average Bonchev–Trinajstić information content (AvgIpc) is 2.87. The number of carbonyl (C=O) groups is 2. The number of nitro groups is 1. The smallest absolute Gasteiger partial charge is 0.293 e. The number of hydrogen-bond donors (Lipinski definition) is 0. The van der Waals surface area contributed by atoms with Crippen LogP contribution in [0.3, 0.4) is 0 Å². The molecular weight excluding hydrogens is 434 g/mol. The summed E-state index contributed by atoms with van der Waals surface area (Å²) in [6, 6.07) is 15.1. The first-order valence-electron chi connectivity index (χ1n) is 11.8. The topological polar surface area (TPSA) is 90.2 Å². The van der Waals surface area contributed by atoms with E-state index in [9.17, 15) is 19.7 Å². The minimum Gasteiger partial charge on any atom is -0.362 e. The zero-order valence-corrected chi connectivity index (χ0v) is 19.6. The Morgan fingerprint density at radius 3 is 2.15 bits per heavy atom. The molecule has 0 saturated carbocycles. The largest absolute Gasteiger partial charge is 0.362 e. The van der Waals surface area contributed by atoms with E-state index in [0.717, 1.165) is 26.1 Å². The Morgan fingerprint density at radius 1 is 0.882 bits per heavy atom. The van der Waals surface area contributed by atoms with Crippen LogP contribution in [0.2, 0.25) is 0 Å². The fraction of sp³-hybridized carbons (Fsp3) is 0.440. The molecule has 9 nitrogen and oxygen atoms in total. The van der Waals surface area contributed by atoms with Gasteiger partial charge in [0.25, 0.3) is 11.6 Å². The second-order valence-corrected chi connectivity index (χ2v) is 8.82. The molecule has 2 aliphatic rings. The first-order chi connectivity index (χ1) is 16.4. The lowest BCUT2D eigenvalue weighted by atomic mass is 10.1. The Balaban J connectivity index is 1.36. The summed E-state index contributed by atoms with van der Waals surface area (Å²) < 4.78 is 0. The van der Waals surface area contributed by atoms with Gasteiger partial charge in [-0.25, -0.2) is 0 Å². The number of hydrogen-bond acceptors (Lipinski definition) is 6. The molecule has 0 aliphatic carbocycles. The highest BCUT2D eigenvalue weighted by Gasteiger charge is 2.28. The third kappa shape index (κ3) is 5.53. The van der Waals surface area contributed by atoms with E-state index in [-0.39, 0.29) is 17.5 Å². The quantitative estimate of drug-likeness (QED) is 0.480. The average molecular weight is 466 g/mol. The molecule has 0 radical (unpaired) electrons. The molecule has 2 saturated heterocycles. The van der Waals surface area contributed by atoms with E-state index in [0.29, 0.717) is 50.5 Å². The van der Waals surface area contributed by atoms with Gasteiger partial charge in [-0.05, 0) is 24.1 Å². The maximum absolute atomic E-state index is 13.1. The Bertz CT molecular complexity index is 1030. The fourth-order valence-corrected chi connectivity index (χ4v) is 4.62. The van der Waals surface area contributed by atoms with Crippen LogP contribution in [0.1, 0.15) is 22.8 Å². The molecule has 9 heteroatoms. The maximum atomic E-state index is 13.1. The molecule has 0 bridgehead atoms. The number of rotatable bonds is 6. The monoisotopic (exact) mass is 465 g/mol. The van der Waals surface area contributed by atoms with Crippen molar-refractivity contribution in [1.29, 1.82) is 0 Å². The van der Waals surface area contributed by atoms with Crippen LogP contribution >= 0.6 is 0 Å². The van der Waals surface area contributed by atoms with Gasteiger partial charge in [0.05, 0.1) is 4.92 Å². The summed E-state index contributed by atoms with van der Waals surface area (Å²) in [7, 11) is 0. The Morgan fingerprint density at radius 2 is 1.53 bits per heavy atom. The third-order valence-corrected chi connectivity index (χ3v) is 6.70. The number of anilines is 1. The second-order valence-electron chi connectivity index (χ2n) is 8.82. The second kappa shape index (κ2) is 10.6.